The molecule has 0 heterocycles. The van der Waals surface area contributed by atoms with Crippen LogP contribution in [0, 0.1) is 0 Å². The molecule has 2 nitrogen and oxygen atoms in total. The highest BCUT2D eigenvalue weighted by atomic mass is 79.9. The van der Waals surface area contributed by atoms with Crippen LogP contribution in [0.25, 0.3) is 0 Å². The van der Waals surface area contributed by atoms with Gasteiger partial charge in [0.1, 0.15) is 0 Å². The fraction of sp³-hybridized carbons (Fsp3) is 0.250. The molecule has 0 aliphatic carbocycles. The van der Waals surface area contributed by atoms with E-state index in [2.05, 4.69) is 15.9 Å². The first-order valence-electron chi connectivity index (χ1n) is 3.27. The average molecular weight is 216 g/mol. The van der Waals surface area contributed by atoms with Gasteiger partial charge in [-0.15, -0.1) is 0 Å². The van der Waals surface area contributed by atoms with Crippen molar-refractivity contribution in [3.63, 3.8) is 0 Å². The van der Waals surface area contributed by atoms with Crippen molar-refractivity contribution in [2.24, 2.45) is 0 Å². The van der Waals surface area contributed by atoms with Gasteiger partial charge in [-0.2, -0.15) is 0 Å². The monoisotopic (exact) mass is 215 g/mol. The molecule has 1 aromatic carbocycles. The Morgan fingerprint density at radius 2 is 2.27 bits per heavy atom. The second kappa shape index (κ2) is 3.74. The topological polar surface area (TPSA) is 35.2 Å². The third-order valence-corrected chi connectivity index (χ3v) is 1.90. The Balaban J connectivity index is 2.90. The first-order valence-corrected chi connectivity index (χ1v) is 4.06. The number of nitrogens with two attached hydrogens (primary N) is 1. The zero-order valence-corrected chi connectivity index (χ0v) is 7.89. The Hall–Kier alpha value is -0.540. The summed E-state index contributed by atoms with van der Waals surface area (Å²) in [6, 6.07) is 5.77. The van der Waals surface area contributed by atoms with Gasteiger partial charge in [0, 0.05) is 22.8 Å². The predicted molar refractivity (Wildman–Crippen MR) is 49.3 cm³/mol. The molecule has 1 rings (SSSR count). The quantitative estimate of drug-likeness (QED) is 0.769. The number of halogens is 1. The number of rotatable bonds is 2. The van der Waals surface area contributed by atoms with E-state index in [1.54, 1.807) is 7.11 Å². The zero-order chi connectivity index (χ0) is 8.27. The minimum Gasteiger partial charge on any atom is -0.398 e. The highest BCUT2D eigenvalue weighted by Gasteiger charge is 1.97. The standard InChI is InChI=1S/C8H10BrNO/c1-11-5-6-2-3-7(9)4-8(6)10/h2-4H,5,10H2,1H3. The Kier molecular flexibility index (Phi) is 2.91. The lowest BCUT2D eigenvalue weighted by Gasteiger charge is -2.03. The largest absolute Gasteiger partial charge is 0.398 e. The summed E-state index contributed by atoms with van der Waals surface area (Å²) in [5.74, 6) is 0. The van der Waals surface area contributed by atoms with Crippen LogP contribution in [0.5, 0.6) is 0 Å². The van der Waals surface area contributed by atoms with Crippen molar-refractivity contribution in [3.05, 3.63) is 28.2 Å². The van der Waals surface area contributed by atoms with Gasteiger partial charge in [0.2, 0.25) is 0 Å². The van der Waals surface area contributed by atoms with E-state index in [1.165, 1.54) is 0 Å². The molecule has 3 heteroatoms. The summed E-state index contributed by atoms with van der Waals surface area (Å²) in [6.07, 6.45) is 0. The maximum absolute atomic E-state index is 5.70. The molecule has 0 bridgehead atoms. The summed E-state index contributed by atoms with van der Waals surface area (Å²) < 4.78 is 5.95. The summed E-state index contributed by atoms with van der Waals surface area (Å²) in [4.78, 5) is 0. The van der Waals surface area contributed by atoms with Crippen LogP contribution in [0.1, 0.15) is 5.56 Å². The molecule has 0 radical (unpaired) electrons. The lowest BCUT2D eigenvalue weighted by atomic mass is 10.2. The summed E-state index contributed by atoms with van der Waals surface area (Å²) >= 11 is 3.33. The molecular formula is C8H10BrNO. The average Bonchev–Trinajstić information content (AvgIpc) is 1.95. The normalized spacial score (nSPS) is 10.0. The highest BCUT2D eigenvalue weighted by Crippen LogP contribution is 2.18. The van der Waals surface area contributed by atoms with E-state index in [1.807, 2.05) is 18.2 Å². The maximum Gasteiger partial charge on any atom is 0.0733 e. The van der Waals surface area contributed by atoms with Gasteiger partial charge in [-0.3, -0.25) is 0 Å². The zero-order valence-electron chi connectivity index (χ0n) is 6.30. The molecule has 1 aromatic rings. The number of hydrogen-bond donors (Lipinski definition) is 1. The SMILES string of the molecule is COCc1ccc(Br)cc1N. The van der Waals surface area contributed by atoms with E-state index in [-0.39, 0.29) is 0 Å². The van der Waals surface area contributed by atoms with E-state index < -0.39 is 0 Å². The van der Waals surface area contributed by atoms with Crippen molar-refractivity contribution in [3.8, 4) is 0 Å². The minimum absolute atomic E-state index is 0.569. The van der Waals surface area contributed by atoms with Crippen LogP contribution in [0.3, 0.4) is 0 Å². The first kappa shape index (κ1) is 8.56. The van der Waals surface area contributed by atoms with Gasteiger partial charge in [-0.25, -0.2) is 0 Å². The van der Waals surface area contributed by atoms with Gasteiger partial charge in [0.15, 0.2) is 0 Å². The van der Waals surface area contributed by atoms with Crippen LogP contribution < -0.4 is 5.73 Å². The lowest BCUT2D eigenvalue weighted by Crippen LogP contribution is -1.95. The third kappa shape index (κ3) is 2.20. The maximum atomic E-state index is 5.70. The number of nitrogen functional groups attached to an aromatic ring is 1. The molecule has 0 saturated carbocycles. The lowest BCUT2D eigenvalue weighted by molar-refractivity contribution is 0.185. The molecule has 0 amide bonds. The Morgan fingerprint density at radius 3 is 2.82 bits per heavy atom. The first-order chi connectivity index (χ1) is 5.24. The molecule has 0 spiro atoms. The highest BCUT2D eigenvalue weighted by molar-refractivity contribution is 9.10. The number of hydrogen-bond acceptors (Lipinski definition) is 2. The fourth-order valence-corrected chi connectivity index (χ4v) is 1.23. The van der Waals surface area contributed by atoms with Gasteiger partial charge < -0.3 is 10.5 Å². The Bertz CT molecular complexity index is 250. The van der Waals surface area contributed by atoms with Gasteiger partial charge in [-0.1, -0.05) is 22.0 Å². The second-order valence-corrected chi connectivity index (χ2v) is 3.19. The Morgan fingerprint density at radius 1 is 1.55 bits per heavy atom. The second-order valence-electron chi connectivity index (χ2n) is 2.28. The number of methoxy groups -OCH3 is 1. The number of ether oxygens (including phenoxy) is 1. The number of anilines is 1. The molecule has 0 aliphatic heterocycles. The molecule has 0 unspecified atom stereocenters. The third-order valence-electron chi connectivity index (χ3n) is 1.41. The van der Waals surface area contributed by atoms with Crippen LogP contribution >= 0.6 is 15.9 Å². The Labute approximate surface area is 74.5 Å². The van der Waals surface area contributed by atoms with Crippen molar-refractivity contribution in [1.82, 2.24) is 0 Å². The molecule has 11 heavy (non-hydrogen) atoms. The van der Waals surface area contributed by atoms with E-state index in [0.29, 0.717) is 6.61 Å². The summed E-state index contributed by atoms with van der Waals surface area (Å²) in [6.45, 7) is 0.569. The molecule has 0 saturated heterocycles. The van der Waals surface area contributed by atoms with Crippen molar-refractivity contribution >= 4 is 21.6 Å². The smallest absolute Gasteiger partial charge is 0.0733 e. The summed E-state index contributed by atoms with van der Waals surface area (Å²) in [5.41, 5.74) is 7.49. The molecule has 0 atom stereocenters. The van der Waals surface area contributed by atoms with Gasteiger partial charge in [0.05, 0.1) is 6.61 Å². The molecule has 0 aromatic heterocycles. The van der Waals surface area contributed by atoms with Crippen molar-refractivity contribution in [2.45, 2.75) is 6.61 Å². The summed E-state index contributed by atoms with van der Waals surface area (Å²) in [7, 11) is 1.65. The molecule has 2 N–H and O–H groups in total. The van der Waals surface area contributed by atoms with Gasteiger partial charge in [-0.05, 0) is 12.1 Å². The van der Waals surface area contributed by atoms with Crippen molar-refractivity contribution in [1.29, 1.82) is 0 Å². The van der Waals surface area contributed by atoms with E-state index in [4.69, 9.17) is 10.5 Å². The van der Waals surface area contributed by atoms with Crippen LogP contribution in [0.15, 0.2) is 22.7 Å². The molecular weight excluding hydrogens is 206 g/mol. The minimum atomic E-state index is 0.569. The van der Waals surface area contributed by atoms with Crippen LogP contribution in [0.2, 0.25) is 0 Å². The predicted octanol–water partition coefficient (Wildman–Crippen LogP) is 2.18. The number of benzene rings is 1. The molecule has 0 fully saturated rings. The van der Waals surface area contributed by atoms with Crippen molar-refractivity contribution in [2.75, 3.05) is 12.8 Å². The van der Waals surface area contributed by atoms with Gasteiger partial charge >= 0.3 is 0 Å². The fourth-order valence-electron chi connectivity index (χ4n) is 0.853. The van der Waals surface area contributed by atoms with Gasteiger partial charge in [0.25, 0.3) is 0 Å². The van der Waals surface area contributed by atoms with E-state index in [9.17, 15) is 0 Å². The van der Waals surface area contributed by atoms with Crippen LogP contribution in [0.4, 0.5) is 5.69 Å². The molecule has 60 valence electrons. The van der Waals surface area contributed by atoms with Crippen molar-refractivity contribution < 1.29 is 4.74 Å². The van der Waals surface area contributed by atoms with E-state index in [0.717, 1.165) is 15.7 Å². The van der Waals surface area contributed by atoms with Crippen LogP contribution in [-0.2, 0) is 11.3 Å². The molecule has 0 aliphatic rings. The van der Waals surface area contributed by atoms with E-state index >= 15 is 0 Å². The van der Waals surface area contributed by atoms with Crippen LogP contribution in [-0.4, -0.2) is 7.11 Å². The summed E-state index contributed by atoms with van der Waals surface area (Å²) in [5, 5.41) is 0.